The molecule has 0 aromatic heterocycles. The number of esters is 2. The Hall–Kier alpha value is -2.92. The van der Waals surface area contributed by atoms with Gasteiger partial charge in [-0.3, -0.25) is 19.2 Å². The molecule has 68 heavy (non-hydrogen) atoms. The Morgan fingerprint density at radius 3 is 1.47 bits per heavy atom. The van der Waals surface area contributed by atoms with E-state index in [0.29, 0.717) is 25.7 Å². The fourth-order valence-corrected chi connectivity index (χ4v) is 8.69. The first kappa shape index (κ1) is 65.1. The Labute approximate surface area is 424 Å². The first-order valence-corrected chi connectivity index (χ1v) is 28.1. The van der Waals surface area contributed by atoms with Crippen molar-refractivity contribution >= 4 is 36.1 Å². The second kappa shape index (κ2) is 41.8. The zero-order chi connectivity index (χ0) is 50.8. The van der Waals surface area contributed by atoms with E-state index in [1.165, 1.54) is 51.4 Å². The third-order valence-electron chi connectivity index (χ3n) is 13.8. The number of nitriles is 1. The lowest BCUT2D eigenvalue weighted by Crippen LogP contribution is -2.42. The van der Waals surface area contributed by atoms with Crippen molar-refractivity contribution in [1.82, 2.24) is 0 Å². The van der Waals surface area contributed by atoms with Gasteiger partial charge in [0.05, 0.1) is 11.5 Å². The average molecular weight is 967 g/mol. The van der Waals surface area contributed by atoms with Crippen LogP contribution in [0.15, 0.2) is 48.6 Å². The molecule has 0 N–H and O–H groups in total. The van der Waals surface area contributed by atoms with Gasteiger partial charge in [-0.15, -0.1) is 0 Å². The lowest BCUT2D eigenvalue weighted by Gasteiger charge is -2.43. The monoisotopic (exact) mass is 966 g/mol. The predicted octanol–water partition coefficient (Wildman–Crippen LogP) is 17.6. The van der Waals surface area contributed by atoms with E-state index < -0.39 is 27.7 Å². The van der Waals surface area contributed by atoms with Gasteiger partial charge >= 0.3 is 11.9 Å². The number of hydrogen-bond donors (Lipinski definition) is 1. The fourth-order valence-electron chi connectivity index (χ4n) is 8.45. The molecule has 0 aliphatic rings. The Morgan fingerprint density at radius 2 is 0.985 bits per heavy atom. The summed E-state index contributed by atoms with van der Waals surface area (Å²) in [6.45, 7) is 16.2. The number of carbonyl (C=O) groups is 4. The van der Waals surface area contributed by atoms with Crippen molar-refractivity contribution in [3.8, 4) is 6.07 Å². The summed E-state index contributed by atoms with van der Waals surface area (Å²) in [6.07, 6.45) is 47.4. The lowest BCUT2D eigenvalue weighted by atomic mass is 9.60. The molecule has 0 bridgehead atoms. The van der Waals surface area contributed by atoms with E-state index >= 15 is 0 Å². The van der Waals surface area contributed by atoms with Gasteiger partial charge in [0.15, 0.2) is 0 Å². The molecule has 0 aromatic rings. The highest BCUT2D eigenvalue weighted by Gasteiger charge is 2.46. The molecule has 0 fully saturated rings. The minimum Gasteiger partial charge on any atom is -0.462 e. The van der Waals surface area contributed by atoms with E-state index in [2.05, 4.69) is 75.4 Å². The molecule has 0 heterocycles. The SMILES string of the molecule is CCCCC/C=C/C/C=C/CCCCCCCC(=O)CCC(COC(=O)CCC(C)(C#N)C(C)(C)CC(C(=O)CCCCC)C(C)(C)S)OC(=O)CCCCCCC/C=C/C/C=C/CCCCC. The maximum absolute atomic E-state index is 13.4. The molecule has 0 radical (unpaired) electrons. The quantitative estimate of drug-likeness (QED) is 0.0280. The fraction of sp³-hybridized carbons (Fsp3) is 0.783. The first-order chi connectivity index (χ1) is 32.6. The van der Waals surface area contributed by atoms with Gasteiger partial charge in [0.2, 0.25) is 0 Å². The molecule has 0 saturated heterocycles. The van der Waals surface area contributed by atoms with E-state index in [0.717, 1.165) is 109 Å². The molecule has 7 nitrogen and oxygen atoms in total. The van der Waals surface area contributed by atoms with Crippen LogP contribution in [-0.4, -0.2) is 41.0 Å². The van der Waals surface area contributed by atoms with E-state index in [9.17, 15) is 24.4 Å². The number of rotatable bonds is 46. The normalized spacial score (nSPS) is 14.2. The van der Waals surface area contributed by atoms with E-state index in [4.69, 9.17) is 22.1 Å². The van der Waals surface area contributed by atoms with Crippen molar-refractivity contribution in [1.29, 1.82) is 5.26 Å². The number of hydrogen-bond acceptors (Lipinski definition) is 8. The van der Waals surface area contributed by atoms with Crippen molar-refractivity contribution in [3.63, 3.8) is 0 Å². The smallest absolute Gasteiger partial charge is 0.306 e. The molecular weight excluding hydrogens is 863 g/mol. The molecule has 390 valence electrons. The van der Waals surface area contributed by atoms with Crippen LogP contribution in [0.2, 0.25) is 0 Å². The zero-order valence-electron chi connectivity index (χ0n) is 45.2. The predicted molar refractivity (Wildman–Crippen MR) is 291 cm³/mol. The summed E-state index contributed by atoms with van der Waals surface area (Å²) in [5.41, 5.74) is -1.52. The van der Waals surface area contributed by atoms with E-state index in [1.807, 2.05) is 34.6 Å². The topological polar surface area (TPSA) is 111 Å². The molecule has 8 heteroatoms. The minimum absolute atomic E-state index is 0.00522. The third kappa shape index (κ3) is 35.2. The summed E-state index contributed by atoms with van der Waals surface area (Å²) in [5.74, 6) is -0.838. The molecule has 0 aliphatic heterocycles. The highest BCUT2D eigenvalue weighted by atomic mass is 32.1. The Bertz CT molecular complexity index is 1480. The molecule has 0 spiro atoms. The van der Waals surface area contributed by atoms with E-state index in [1.54, 1.807) is 0 Å². The summed E-state index contributed by atoms with van der Waals surface area (Å²) in [4.78, 5) is 52.7. The van der Waals surface area contributed by atoms with Crippen molar-refractivity contribution in [2.45, 2.75) is 278 Å². The number of thiol groups is 1. The maximum atomic E-state index is 13.4. The molecule has 0 aliphatic carbocycles. The molecule has 0 aromatic carbocycles. The number of ketones is 2. The summed E-state index contributed by atoms with van der Waals surface area (Å²) < 4.78 is 11.0. The molecule has 3 atom stereocenters. The van der Waals surface area contributed by atoms with Gasteiger partial charge < -0.3 is 9.47 Å². The number of nitrogens with zero attached hydrogens (tertiary/aromatic N) is 1. The van der Waals surface area contributed by atoms with Gasteiger partial charge in [-0.25, -0.2) is 0 Å². The van der Waals surface area contributed by atoms with Crippen LogP contribution in [0.3, 0.4) is 0 Å². The van der Waals surface area contributed by atoms with Crippen LogP contribution in [0.25, 0.3) is 0 Å². The largest absolute Gasteiger partial charge is 0.462 e. The number of allylic oxidation sites excluding steroid dienone is 8. The van der Waals surface area contributed by atoms with E-state index in [-0.39, 0.29) is 55.7 Å². The minimum atomic E-state index is -0.922. The maximum Gasteiger partial charge on any atom is 0.306 e. The Morgan fingerprint density at radius 1 is 0.544 bits per heavy atom. The molecule has 0 saturated carbocycles. The van der Waals surface area contributed by atoms with Crippen LogP contribution in [-0.2, 0) is 28.7 Å². The van der Waals surface area contributed by atoms with Gasteiger partial charge in [0.1, 0.15) is 24.3 Å². The summed E-state index contributed by atoms with van der Waals surface area (Å²) >= 11 is 4.83. The Kier molecular flexibility index (Phi) is 40.0. The van der Waals surface area contributed by atoms with Crippen LogP contribution in [0.1, 0.15) is 267 Å². The summed E-state index contributed by atoms with van der Waals surface area (Å²) in [6, 6.07) is 2.49. The number of Topliss-reactive ketones (excluding diaryl/α,β-unsaturated/α-hetero) is 2. The summed E-state index contributed by atoms with van der Waals surface area (Å²) in [5, 5.41) is 10.5. The van der Waals surface area contributed by atoms with Gasteiger partial charge in [0, 0.05) is 42.8 Å². The molecular formula is C60H103NO6S. The Balaban J connectivity index is 5.17. The molecule has 0 amide bonds. The van der Waals surface area contributed by atoms with Crippen molar-refractivity contribution in [2.75, 3.05) is 6.61 Å². The lowest BCUT2D eigenvalue weighted by molar-refractivity contribution is -0.160. The third-order valence-corrected chi connectivity index (χ3v) is 14.1. The highest BCUT2D eigenvalue weighted by Crippen LogP contribution is 2.49. The number of unbranched alkanes of at least 4 members (excludes halogenated alkanes) is 18. The van der Waals surface area contributed by atoms with Crippen LogP contribution in [0, 0.1) is 28.1 Å². The van der Waals surface area contributed by atoms with Gasteiger partial charge in [-0.2, -0.15) is 17.9 Å². The average Bonchev–Trinajstić information content (AvgIpc) is 3.30. The van der Waals surface area contributed by atoms with Crippen molar-refractivity contribution in [2.24, 2.45) is 16.7 Å². The van der Waals surface area contributed by atoms with Crippen molar-refractivity contribution in [3.05, 3.63) is 48.6 Å². The second-order valence-electron chi connectivity index (χ2n) is 21.0. The van der Waals surface area contributed by atoms with Crippen LogP contribution >= 0.6 is 12.6 Å². The van der Waals surface area contributed by atoms with Crippen LogP contribution in [0.4, 0.5) is 0 Å². The standard InChI is InChI=1S/C60H103NO6S/c1-9-12-15-17-19-21-23-25-27-29-31-33-35-37-40-42-52(62)45-46-53(67-57(65)44-41-38-36-34-32-30-28-26-24-22-20-18-16-13-10-2)50-66-56(64)47-48-60(8,51-61)58(4,5)49-54(59(6,7)68)55(63)43-39-14-11-3/h19-22,25-28,53-54,68H,9-18,23-24,29-50H2,1-8H3/b21-19+,22-20+,27-25+,28-26+. The number of carbonyl (C=O) groups excluding carboxylic acids is 4. The zero-order valence-corrected chi connectivity index (χ0v) is 46.1. The molecule has 0 rings (SSSR count). The summed E-state index contributed by atoms with van der Waals surface area (Å²) in [7, 11) is 0. The van der Waals surface area contributed by atoms with Gasteiger partial charge in [-0.1, -0.05) is 174 Å². The number of ether oxygens (including phenoxy) is 2. The van der Waals surface area contributed by atoms with Gasteiger partial charge in [-0.05, 0) is 115 Å². The van der Waals surface area contributed by atoms with Crippen LogP contribution < -0.4 is 0 Å². The van der Waals surface area contributed by atoms with Gasteiger partial charge in [0.25, 0.3) is 0 Å². The first-order valence-electron chi connectivity index (χ1n) is 27.7. The highest BCUT2D eigenvalue weighted by molar-refractivity contribution is 7.81. The van der Waals surface area contributed by atoms with Crippen molar-refractivity contribution < 1.29 is 28.7 Å². The van der Waals surface area contributed by atoms with Crippen LogP contribution in [0.5, 0.6) is 0 Å². The second-order valence-corrected chi connectivity index (χ2v) is 22.1. The molecule has 3 unspecified atom stereocenters.